The minimum Gasteiger partial charge on any atom is -0.492 e. The Morgan fingerprint density at radius 1 is 1.25 bits per heavy atom. The molecule has 0 spiro atoms. The smallest absolute Gasteiger partial charge is 0.119 e. The van der Waals surface area contributed by atoms with E-state index < -0.39 is 0 Å². The fraction of sp³-hybridized carbons (Fsp3) is 0.538. The van der Waals surface area contributed by atoms with Gasteiger partial charge in [-0.2, -0.15) is 0 Å². The number of ether oxygens (including phenoxy) is 1. The number of hydrogen-bond acceptors (Lipinski definition) is 2. The third-order valence-corrected chi connectivity index (χ3v) is 2.85. The molecule has 0 amide bonds. The first-order chi connectivity index (χ1) is 7.68. The van der Waals surface area contributed by atoms with Crippen LogP contribution in [-0.4, -0.2) is 36.5 Å². The zero-order valence-electron chi connectivity index (χ0n) is 10.0. The van der Waals surface area contributed by atoms with Crippen LogP contribution in [0.3, 0.4) is 0 Å². The Labute approximate surface area is 107 Å². The second kappa shape index (κ2) is 7.69. The molecule has 0 aliphatic rings. The van der Waals surface area contributed by atoms with Gasteiger partial charge in [0, 0.05) is 11.4 Å². The minimum atomic E-state index is 0.588. The maximum Gasteiger partial charge on any atom is 0.119 e. The van der Waals surface area contributed by atoms with Gasteiger partial charge >= 0.3 is 0 Å². The number of hydrogen-bond donors (Lipinski definition) is 0. The van der Waals surface area contributed by atoms with Crippen LogP contribution in [0.15, 0.2) is 30.3 Å². The monoisotopic (exact) mass is 285 g/mol. The van der Waals surface area contributed by atoms with Crippen molar-refractivity contribution in [1.82, 2.24) is 4.90 Å². The summed E-state index contributed by atoms with van der Waals surface area (Å²) in [4.78, 5) is 2.88. The van der Waals surface area contributed by atoms with Crippen LogP contribution >= 0.6 is 15.9 Å². The highest BCUT2D eigenvalue weighted by atomic mass is 79.9. The molecule has 0 bridgehead atoms. The van der Waals surface area contributed by atoms with E-state index in [4.69, 9.17) is 4.74 Å². The second-order valence-corrected chi connectivity index (χ2v) is 5.60. The number of alkyl halides is 1. The Morgan fingerprint density at radius 2 is 1.94 bits per heavy atom. The fourth-order valence-corrected chi connectivity index (χ4v) is 1.55. The van der Waals surface area contributed by atoms with E-state index in [2.05, 4.69) is 34.8 Å². The van der Waals surface area contributed by atoms with Crippen molar-refractivity contribution in [3.05, 3.63) is 30.3 Å². The predicted octanol–water partition coefficient (Wildman–Crippen LogP) is 3.17. The van der Waals surface area contributed by atoms with Crippen LogP contribution in [-0.2, 0) is 0 Å². The first kappa shape index (κ1) is 13.5. The van der Waals surface area contributed by atoms with Gasteiger partial charge < -0.3 is 9.64 Å². The first-order valence-electron chi connectivity index (χ1n) is 5.69. The summed E-state index contributed by atoms with van der Waals surface area (Å²) in [7, 11) is 2.13. The maximum atomic E-state index is 5.63. The summed E-state index contributed by atoms with van der Waals surface area (Å²) in [5.41, 5.74) is 0. The van der Waals surface area contributed by atoms with Crippen LogP contribution in [0.4, 0.5) is 0 Å². The van der Waals surface area contributed by atoms with Gasteiger partial charge in [-0.3, -0.25) is 0 Å². The SMILES string of the molecule is CC(Br)CCN(C)CCOc1ccccc1. The van der Waals surface area contributed by atoms with E-state index in [1.165, 1.54) is 6.42 Å². The number of benzene rings is 1. The summed E-state index contributed by atoms with van der Waals surface area (Å²) in [6.45, 7) is 4.99. The molecule has 0 aliphatic heterocycles. The standard InChI is InChI=1S/C13H20BrNO/c1-12(14)8-9-15(2)10-11-16-13-6-4-3-5-7-13/h3-7,12H,8-11H2,1-2H3. The van der Waals surface area contributed by atoms with E-state index in [0.29, 0.717) is 4.83 Å². The molecule has 0 aliphatic carbocycles. The molecule has 0 saturated heterocycles. The number of nitrogens with zero attached hydrogens (tertiary/aromatic N) is 1. The van der Waals surface area contributed by atoms with Crippen LogP contribution in [0.2, 0.25) is 0 Å². The second-order valence-electron chi connectivity index (χ2n) is 4.03. The van der Waals surface area contributed by atoms with E-state index in [1.807, 2.05) is 30.3 Å². The van der Waals surface area contributed by atoms with Crippen LogP contribution < -0.4 is 4.74 Å². The molecule has 0 radical (unpaired) electrons. The number of para-hydroxylation sites is 1. The van der Waals surface area contributed by atoms with Crippen molar-refractivity contribution >= 4 is 15.9 Å². The molecule has 1 aromatic rings. The van der Waals surface area contributed by atoms with Gasteiger partial charge in [0.15, 0.2) is 0 Å². The average molecular weight is 286 g/mol. The van der Waals surface area contributed by atoms with Crippen LogP contribution in [0, 0.1) is 0 Å². The Balaban J connectivity index is 2.11. The number of halogens is 1. The average Bonchev–Trinajstić information content (AvgIpc) is 2.28. The lowest BCUT2D eigenvalue weighted by molar-refractivity contribution is 0.236. The van der Waals surface area contributed by atoms with Gasteiger partial charge in [0.05, 0.1) is 0 Å². The molecule has 0 aromatic heterocycles. The Hall–Kier alpha value is -0.540. The van der Waals surface area contributed by atoms with Gasteiger partial charge in [0.1, 0.15) is 12.4 Å². The van der Waals surface area contributed by atoms with Crippen molar-refractivity contribution < 1.29 is 4.74 Å². The lowest BCUT2D eigenvalue weighted by Crippen LogP contribution is -2.26. The number of likely N-dealkylation sites (N-methyl/N-ethyl adjacent to an activating group) is 1. The topological polar surface area (TPSA) is 12.5 Å². The Morgan fingerprint density at radius 3 is 2.56 bits per heavy atom. The Kier molecular flexibility index (Phi) is 6.50. The van der Waals surface area contributed by atoms with E-state index in [0.717, 1.165) is 25.4 Å². The highest BCUT2D eigenvalue weighted by molar-refractivity contribution is 9.09. The molecule has 3 heteroatoms. The van der Waals surface area contributed by atoms with E-state index in [9.17, 15) is 0 Å². The third-order valence-electron chi connectivity index (χ3n) is 2.39. The lowest BCUT2D eigenvalue weighted by Gasteiger charge is -2.17. The van der Waals surface area contributed by atoms with Crippen molar-refractivity contribution in [1.29, 1.82) is 0 Å². The highest BCUT2D eigenvalue weighted by Crippen LogP contribution is 2.08. The van der Waals surface area contributed by atoms with E-state index in [1.54, 1.807) is 0 Å². The highest BCUT2D eigenvalue weighted by Gasteiger charge is 2.01. The summed E-state index contributed by atoms with van der Waals surface area (Å²) >= 11 is 3.55. The molecule has 0 saturated carbocycles. The molecule has 2 nitrogen and oxygen atoms in total. The molecular weight excluding hydrogens is 266 g/mol. The summed E-state index contributed by atoms with van der Waals surface area (Å²) in [5, 5.41) is 0. The van der Waals surface area contributed by atoms with E-state index in [-0.39, 0.29) is 0 Å². The number of rotatable bonds is 7. The predicted molar refractivity (Wildman–Crippen MR) is 72.4 cm³/mol. The molecule has 90 valence electrons. The van der Waals surface area contributed by atoms with Gasteiger partial charge in [0.25, 0.3) is 0 Å². The van der Waals surface area contributed by atoms with Gasteiger partial charge in [-0.05, 0) is 32.1 Å². The van der Waals surface area contributed by atoms with Gasteiger partial charge in [-0.25, -0.2) is 0 Å². The molecular formula is C13H20BrNO. The van der Waals surface area contributed by atoms with Crippen molar-refractivity contribution in [3.63, 3.8) is 0 Å². The van der Waals surface area contributed by atoms with Crippen molar-refractivity contribution in [2.45, 2.75) is 18.2 Å². The minimum absolute atomic E-state index is 0.588. The summed E-state index contributed by atoms with van der Waals surface area (Å²) in [6, 6.07) is 9.95. The summed E-state index contributed by atoms with van der Waals surface area (Å²) < 4.78 is 5.63. The summed E-state index contributed by atoms with van der Waals surface area (Å²) in [5.74, 6) is 0.949. The van der Waals surface area contributed by atoms with Gasteiger partial charge in [0.2, 0.25) is 0 Å². The molecule has 1 unspecified atom stereocenters. The normalized spacial score (nSPS) is 12.8. The molecule has 1 rings (SSSR count). The van der Waals surface area contributed by atoms with Crippen molar-refractivity contribution in [3.8, 4) is 5.75 Å². The van der Waals surface area contributed by atoms with Gasteiger partial charge in [-0.15, -0.1) is 0 Å². The molecule has 1 aromatic carbocycles. The third kappa shape index (κ3) is 6.13. The van der Waals surface area contributed by atoms with Crippen LogP contribution in [0.5, 0.6) is 5.75 Å². The maximum absolute atomic E-state index is 5.63. The molecule has 0 fully saturated rings. The fourth-order valence-electron chi connectivity index (χ4n) is 1.35. The van der Waals surface area contributed by atoms with Crippen molar-refractivity contribution in [2.24, 2.45) is 0 Å². The molecule has 16 heavy (non-hydrogen) atoms. The lowest BCUT2D eigenvalue weighted by atomic mass is 10.3. The largest absolute Gasteiger partial charge is 0.492 e. The van der Waals surface area contributed by atoms with Crippen molar-refractivity contribution in [2.75, 3.05) is 26.7 Å². The van der Waals surface area contributed by atoms with E-state index >= 15 is 0 Å². The van der Waals surface area contributed by atoms with Crippen LogP contribution in [0.1, 0.15) is 13.3 Å². The molecule has 0 N–H and O–H groups in total. The zero-order chi connectivity index (χ0) is 11.8. The molecule has 1 atom stereocenters. The van der Waals surface area contributed by atoms with Crippen LogP contribution in [0.25, 0.3) is 0 Å². The first-order valence-corrected chi connectivity index (χ1v) is 6.60. The quantitative estimate of drug-likeness (QED) is 0.714. The zero-order valence-corrected chi connectivity index (χ0v) is 11.6. The summed E-state index contributed by atoms with van der Waals surface area (Å²) in [6.07, 6.45) is 1.17. The Bertz CT molecular complexity index is 277. The molecule has 0 heterocycles. The van der Waals surface area contributed by atoms with Gasteiger partial charge in [-0.1, -0.05) is 41.1 Å².